The molecule has 0 aromatic heterocycles. The number of fused-ring (bicyclic) bond motifs is 4. The van der Waals surface area contributed by atoms with E-state index >= 15 is 0 Å². The molecule has 2 aromatic rings. The molecule has 9 nitrogen and oxygen atoms in total. The number of halogens is 1. The summed E-state index contributed by atoms with van der Waals surface area (Å²) in [7, 11) is 0.517. The lowest BCUT2D eigenvalue weighted by Crippen LogP contribution is -2.58. The van der Waals surface area contributed by atoms with Crippen LogP contribution < -0.4 is 14.4 Å². The molecular weight excluding hydrogens is 708 g/mol. The van der Waals surface area contributed by atoms with E-state index in [0.717, 1.165) is 94.1 Å². The van der Waals surface area contributed by atoms with Crippen LogP contribution >= 0.6 is 11.6 Å². The van der Waals surface area contributed by atoms with Crippen molar-refractivity contribution in [1.29, 1.82) is 0 Å². The fraction of sp³-hybridized carbons (Fsp3) is 0.667. The standard InChI is InChI=1S/C42H61ClN4O5S/c1-6-52-42(27-46-21-17-35(18-22-46)45(4)5)20-7-9-29(2)30(3)53(49,50)44-40(48)32-12-16-39-38(24-32)47(25-33-11-14-37(33)42)26-41(28-51-39)19-8-10-31-23-34(43)13-15-36(31)41/h7,12-13,15-16,20,23-24,29-30,33,35,37,40,44,48H,6,8-11,14,17-19,21-22,25-28H2,1-5H3/b20-7+/t29-,30+,33-,37+,40?,41-,42+/m0/s1. The molecule has 2 aliphatic carbocycles. The fourth-order valence-electron chi connectivity index (χ4n) is 10.0. The molecule has 2 fully saturated rings. The van der Waals surface area contributed by atoms with Gasteiger partial charge in [-0.05, 0) is 151 Å². The highest BCUT2D eigenvalue weighted by molar-refractivity contribution is 7.90. The minimum Gasteiger partial charge on any atom is -0.490 e. The maximum absolute atomic E-state index is 13.7. The first-order chi connectivity index (χ1) is 25.3. The third kappa shape index (κ3) is 7.94. The highest BCUT2D eigenvalue weighted by atomic mass is 35.5. The fourth-order valence-corrected chi connectivity index (χ4v) is 11.6. The number of anilines is 1. The van der Waals surface area contributed by atoms with E-state index in [0.29, 0.717) is 43.1 Å². The third-order valence-corrected chi connectivity index (χ3v) is 15.8. The van der Waals surface area contributed by atoms with Crippen LogP contribution in [0.2, 0.25) is 5.02 Å². The molecule has 2 bridgehead atoms. The maximum atomic E-state index is 13.7. The second-order valence-electron chi connectivity index (χ2n) is 17.0. The van der Waals surface area contributed by atoms with Crippen LogP contribution in [0.5, 0.6) is 5.75 Å². The molecule has 1 unspecified atom stereocenters. The first kappa shape index (κ1) is 39.1. The Kier molecular flexibility index (Phi) is 11.6. The summed E-state index contributed by atoms with van der Waals surface area (Å²) in [5.74, 6) is 1.27. The predicted molar refractivity (Wildman–Crippen MR) is 213 cm³/mol. The Morgan fingerprint density at radius 2 is 1.89 bits per heavy atom. The summed E-state index contributed by atoms with van der Waals surface area (Å²) >= 11 is 6.52. The number of sulfonamides is 1. The van der Waals surface area contributed by atoms with Crippen LogP contribution in [0.25, 0.3) is 0 Å². The number of aliphatic hydroxyl groups is 1. The zero-order chi connectivity index (χ0) is 37.5. The van der Waals surface area contributed by atoms with Crippen molar-refractivity contribution in [2.45, 2.75) is 101 Å². The number of benzene rings is 2. The summed E-state index contributed by atoms with van der Waals surface area (Å²) in [6.07, 6.45) is 11.2. The largest absolute Gasteiger partial charge is 0.490 e. The van der Waals surface area contributed by atoms with Gasteiger partial charge in [0.2, 0.25) is 10.0 Å². The van der Waals surface area contributed by atoms with Crippen LogP contribution in [-0.4, -0.2) is 100 Å². The second-order valence-corrected chi connectivity index (χ2v) is 19.5. The molecule has 292 valence electrons. The number of allylic oxidation sites excluding steroid dienone is 1. The van der Waals surface area contributed by atoms with Crippen molar-refractivity contribution in [1.82, 2.24) is 14.5 Å². The molecule has 2 N–H and O–H groups in total. The maximum Gasteiger partial charge on any atom is 0.216 e. The Bertz CT molecular complexity index is 1750. The van der Waals surface area contributed by atoms with Gasteiger partial charge in [0, 0.05) is 42.7 Å². The van der Waals surface area contributed by atoms with Crippen LogP contribution in [-0.2, 0) is 26.6 Å². The van der Waals surface area contributed by atoms with Gasteiger partial charge in [-0.1, -0.05) is 42.8 Å². The number of ether oxygens (including phenoxy) is 2. The molecule has 1 saturated carbocycles. The first-order valence-electron chi connectivity index (χ1n) is 20.0. The molecule has 3 aliphatic heterocycles. The monoisotopic (exact) mass is 768 g/mol. The molecular formula is C42H61ClN4O5S. The van der Waals surface area contributed by atoms with Crippen LogP contribution in [0.3, 0.4) is 0 Å². The quantitative estimate of drug-likeness (QED) is 0.332. The number of aliphatic hydroxyl groups excluding tert-OH is 1. The van der Waals surface area contributed by atoms with Crippen molar-refractivity contribution in [2.24, 2.45) is 17.8 Å². The van der Waals surface area contributed by atoms with Gasteiger partial charge in [-0.3, -0.25) is 0 Å². The van der Waals surface area contributed by atoms with E-state index in [1.54, 1.807) is 13.0 Å². The highest BCUT2D eigenvalue weighted by Crippen LogP contribution is 2.50. The second kappa shape index (κ2) is 15.8. The molecule has 0 radical (unpaired) electrons. The highest BCUT2D eigenvalue weighted by Gasteiger charge is 2.50. The van der Waals surface area contributed by atoms with Crippen molar-refractivity contribution >= 4 is 27.3 Å². The Morgan fingerprint density at radius 1 is 1.09 bits per heavy atom. The SMILES string of the molecule is CCO[C@@]1(CN2CCC(N(C)C)CC2)/C=C/C[C@H](C)[C@@H](C)S(=O)(=O)NC(O)c2ccc3c(c2)N(C[C@@H]2CC[C@H]21)C[C@@]1(CCCc2cc(Cl)ccc21)CO3. The molecule has 1 saturated heterocycles. The topological polar surface area (TPSA) is 94.6 Å². The number of aryl methyl sites for hydroxylation is 1. The Balaban J connectivity index is 1.30. The summed E-state index contributed by atoms with van der Waals surface area (Å²) < 4.78 is 43.8. The van der Waals surface area contributed by atoms with Crippen LogP contribution in [0, 0.1) is 17.8 Å². The van der Waals surface area contributed by atoms with Gasteiger partial charge in [0.25, 0.3) is 0 Å². The number of nitrogens with zero attached hydrogens (tertiary/aromatic N) is 3. The lowest BCUT2D eigenvalue weighted by Gasteiger charge is -2.52. The molecule has 1 spiro atoms. The lowest BCUT2D eigenvalue weighted by atomic mass is 9.63. The summed E-state index contributed by atoms with van der Waals surface area (Å²) in [6.45, 7) is 11.4. The molecule has 5 aliphatic rings. The minimum atomic E-state index is -3.85. The molecule has 2 aromatic carbocycles. The predicted octanol–water partition coefficient (Wildman–Crippen LogP) is 6.54. The number of likely N-dealkylation sites (tertiary alicyclic amines) is 1. The van der Waals surface area contributed by atoms with E-state index in [2.05, 4.69) is 64.7 Å². The lowest BCUT2D eigenvalue weighted by molar-refractivity contribution is -0.112. The van der Waals surface area contributed by atoms with Gasteiger partial charge in [-0.15, -0.1) is 0 Å². The third-order valence-electron chi connectivity index (χ3n) is 13.5. The zero-order valence-corrected chi connectivity index (χ0v) is 34.0. The molecule has 0 amide bonds. The number of piperidine rings is 1. The molecule has 7 atom stereocenters. The van der Waals surface area contributed by atoms with Gasteiger partial charge in [-0.25, -0.2) is 8.42 Å². The summed E-state index contributed by atoms with van der Waals surface area (Å²) in [6, 6.07) is 12.6. The van der Waals surface area contributed by atoms with Gasteiger partial charge in [0.15, 0.2) is 0 Å². The number of nitrogens with one attached hydrogen (secondary N) is 1. The van der Waals surface area contributed by atoms with Crippen LogP contribution in [0.4, 0.5) is 5.69 Å². The van der Waals surface area contributed by atoms with E-state index in [-0.39, 0.29) is 11.3 Å². The van der Waals surface area contributed by atoms with E-state index in [4.69, 9.17) is 21.1 Å². The van der Waals surface area contributed by atoms with E-state index < -0.39 is 27.1 Å². The van der Waals surface area contributed by atoms with E-state index in [1.165, 1.54) is 11.1 Å². The van der Waals surface area contributed by atoms with Crippen molar-refractivity contribution in [3.05, 3.63) is 70.3 Å². The van der Waals surface area contributed by atoms with Gasteiger partial charge < -0.3 is 29.3 Å². The average molecular weight is 769 g/mol. The normalized spacial score (nSPS) is 34.4. The molecule has 7 rings (SSSR count). The number of rotatable bonds is 5. The summed E-state index contributed by atoms with van der Waals surface area (Å²) in [5, 5.41) is 11.4. The van der Waals surface area contributed by atoms with E-state index in [1.807, 2.05) is 25.1 Å². The summed E-state index contributed by atoms with van der Waals surface area (Å²) in [5.41, 5.74) is 3.28. The van der Waals surface area contributed by atoms with Gasteiger partial charge in [0.05, 0.1) is 17.5 Å². The van der Waals surface area contributed by atoms with Crippen molar-refractivity contribution in [3.63, 3.8) is 0 Å². The average Bonchev–Trinajstić information content (AvgIpc) is 3.26. The van der Waals surface area contributed by atoms with Gasteiger partial charge in [-0.2, -0.15) is 4.72 Å². The van der Waals surface area contributed by atoms with Crippen molar-refractivity contribution in [3.8, 4) is 5.75 Å². The van der Waals surface area contributed by atoms with Gasteiger partial charge >= 0.3 is 0 Å². The Hall–Kier alpha value is -2.18. The molecule has 11 heteroatoms. The number of hydrogen-bond donors (Lipinski definition) is 2. The van der Waals surface area contributed by atoms with Crippen molar-refractivity contribution in [2.75, 3.05) is 64.9 Å². The zero-order valence-electron chi connectivity index (χ0n) is 32.4. The van der Waals surface area contributed by atoms with Crippen LogP contribution in [0.15, 0.2) is 48.6 Å². The summed E-state index contributed by atoms with van der Waals surface area (Å²) in [4.78, 5) is 7.46. The van der Waals surface area contributed by atoms with Crippen molar-refractivity contribution < 1.29 is 23.0 Å². The van der Waals surface area contributed by atoms with E-state index in [9.17, 15) is 13.5 Å². The minimum absolute atomic E-state index is 0.170. The smallest absolute Gasteiger partial charge is 0.216 e. The number of hydrogen-bond acceptors (Lipinski definition) is 8. The Labute approximate surface area is 323 Å². The Morgan fingerprint density at radius 3 is 2.60 bits per heavy atom. The van der Waals surface area contributed by atoms with Crippen LogP contribution in [0.1, 0.15) is 88.6 Å². The van der Waals surface area contributed by atoms with Gasteiger partial charge in [0.1, 0.15) is 17.6 Å². The first-order valence-corrected chi connectivity index (χ1v) is 22.0. The molecule has 3 heterocycles. The molecule has 53 heavy (non-hydrogen) atoms.